The minimum atomic E-state index is 0.889. The largest absolute Gasteiger partial charge is 0.497 e. The first-order valence-corrected chi connectivity index (χ1v) is 6.42. The third-order valence-electron chi connectivity index (χ3n) is 3.54. The van der Waals surface area contributed by atoms with Crippen molar-refractivity contribution in [2.24, 2.45) is 0 Å². The van der Waals surface area contributed by atoms with Gasteiger partial charge in [0.05, 0.1) is 7.11 Å². The van der Waals surface area contributed by atoms with E-state index in [1.54, 1.807) is 7.11 Å². The van der Waals surface area contributed by atoms with Crippen LogP contribution in [0.1, 0.15) is 5.56 Å². The first-order valence-electron chi connectivity index (χ1n) is 6.42. The van der Waals surface area contributed by atoms with E-state index in [0.29, 0.717) is 0 Å². The van der Waals surface area contributed by atoms with Gasteiger partial charge >= 0.3 is 0 Å². The number of hydrogen-bond donors (Lipinski definition) is 0. The molecule has 0 fully saturated rings. The Morgan fingerprint density at radius 2 is 1.42 bits per heavy atom. The average molecular weight is 248 g/mol. The zero-order chi connectivity index (χ0) is 13.2. The summed E-state index contributed by atoms with van der Waals surface area (Å²) in [6.07, 6.45) is 0. The summed E-state index contributed by atoms with van der Waals surface area (Å²) < 4.78 is 5.21. The zero-order valence-electron chi connectivity index (χ0n) is 11.2. The van der Waals surface area contributed by atoms with Gasteiger partial charge in [-0.05, 0) is 46.5 Å². The molecule has 0 saturated carbocycles. The highest BCUT2D eigenvalue weighted by molar-refractivity contribution is 5.98. The van der Waals surface area contributed by atoms with Gasteiger partial charge in [0.15, 0.2) is 0 Å². The number of ether oxygens (including phenoxy) is 1. The van der Waals surface area contributed by atoms with Gasteiger partial charge in [-0.25, -0.2) is 0 Å². The molecule has 0 amide bonds. The summed E-state index contributed by atoms with van der Waals surface area (Å²) >= 11 is 0. The molecule has 0 saturated heterocycles. The quantitative estimate of drug-likeness (QED) is 0.631. The summed E-state index contributed by atoms with van der Waals surface area (Å²) in [5.74, 6) is 0.889. The van der Waals surface area contributed by atoms with Crippen LogP contribution in [0.3, 0.4) is 0 Å². The van der Waals surface area contributed by atoms with Gasteiger partial charge in [-0.15, -0.1) is 0 Å². The van der Waals surface area contributed by atoms with E-state index in [9.17, 15) is 0 Å². The SMILES string of the molecule is COc1ccc(-c2ccc(C)c3ccccc23)cc1. The molecule has 0 spiro atoms. The Morgan fingerprint density at radius 3 is 2.11 bits per heavy atom. The third-order valence-corrected chi connectivity index (χ3v) is 3.54. The van der Waals surface area contributed by atoms with Crippen molar-refractivity contribution in [3.63, 3.8) is 0 Å². The maximum atomic E-state index is 5.21. The molecule has 0 aliphatic heterocycles. The molecule has 0 aliphatic carbocycles. The molecule has 1 nitrogen and oxygen atoms in total. The lowest BCUT2D eigenvalue weighted by molar-refractivity contribution is 0.415. The van der Waals surface area contributed by atoms with Crippen LogP contribution < -0.4 is 4.74 Å². The van der Waals surface area contributed by atoms with Gasteiger partial charge in [-0.3, -0.25) is 0 Å². The molecular formula is C18H16O. The maximum absolute atomic E-state index is 5.21. The van der Waals surface area contributed by atoms with E-state index in [1.807, 2.05) is 12.1 Å². The number of benzene rings is 3. The highest BCUT2D eigenvalue weighted by Crippen LogP contribution is 2.31. The Bertz CT molecular complexity index is 711. The van der Waals surface area contributed by atoms with Gasteiger partial charge in [-0.2, -0.15) is 0 Å². The second kappa shape index (κ2) is 4.77. The van der Waals surface area contributed by atoms with Gasteiger partial charge in [0, 0.05) is 0 Å². The van der Waals surface area contributed by atoms with Crippen molar-refractivity contribution in [1.29, 1.82) is 0 Å². The fourth-order valence-electron chi connectivity index (χ4n) is 2.47. The van der Waals surface area contributed by atoms with Crippen LogP contribution in [0.15, 0.2) is 60.7 Å². The lowest BCUT2D eigenvalue weighted by atomic mass is 9.95. The normalized spacial score (nSPS) is 10.6. The van der Waals surface area contributed by atoms with Crippen molar-refractivity contribution in [3.8, 4) is 16.9 Å². The first kappa shape index (κ1) is 11.8. The van der Waals surface area contributed by atoms with Crippen molar-refractivity contribution in [1.82, 2.24) is 0 Å². The van der Waals surface area contributed by atoms with E-state index < -0.39 is 0 Å². The van der Waals surface area contributed by atoms with Crippen LogP contribution in [0.5, 0.6) is 5.75 Å². The van der Waals surface area contributed by atoms with Gasteiger partial charge in [0.25, 0.3) is 0 Å². The minimum Gasteiger partial charge on any atom is -0.497 e. The van der Waals surface area contributed by atoms with Crippen LogP contribution in [0.25, 0.3) is 21.9 Å². The predicted molar refractivity (Wildman–Crippen MR) is 80.7 cm³/mol. The molecule has 3 aromatic carbocycles. The minimum absolute atomic E-state index is 0.889. The zero-order valence-corrected chi connectivity index (χ0v) is 11.2. The standard InChI is InChI=1S/C18H16O/c1-13-7-12-17(18-6-4-3-5-16(13)18)14-8-10-15(19-2)11-9-14/h3-12H,1-2H3. The fourth-order valence-corrected chi connectivity index (χ4v) is 2.47. The lowest BCUT2D eigenvalue weighted by Crippen LogP contribution is -1.85. The van der Waals surface area contributed by atoms with Crippen molar-refractivity contribution < 1.29 is 4.74 Å². The molecule has 0 heterocycles. The molecule has 3 aromatic rings. The fraction of sp³-hybridized carbons (Fsp3) is 0.111. The van der Waals surface area contributed by atoms with E-state index in [-0.39, 0.29) is 0 Å². The Balaban J connectivity index is 2.21. The topological polar surface area (TPSA) is 9.23 Å². The van der Waals surface area contributed by atoms with E-state index in [4.69, 9.17) is 4.74 Å². The number of rotatable bonds is 2. The van der Waals surface area contributed by atoms with Gasteiger partial charge in [-0.1, -0.05) is 48.5 Å². The monoisotopic (exact) mass is 248 g/mol. The molecule has 0 atom stereocenters. The molecule has 0 aliphatic rings. The maximum Gasteiger partial charge on any atom is 0.118 e. The Morgan fingerprint density at radius 1 is 0.737 bits per heavy atom. The second-order valence-corrected chi connectivity index (χ2v) is 4.70. The number of hydrogen-bond acceptors (Lipinski definition) is 1. The summed E-state index contributed by atoms with van der Waals surface area (Å²) in [6, 6.07) is 21.1. The number of aryl methyl sites for hydroxylation is 1. The molecule has 0 radical (unpaired) electrons. The molecule has 1 heteroatoms. The summed E-state index contributed by atoms with van der Waals surface area (Å²) in [5, 5.41) is 2.61. The molecule has 0 unspecified atom stereocenters. The summed E-state index contributed by atoms with van der Waals surface area (Å²) in [6.45, 7) is 2.15. The van der Waals surface area contributed by atoms with Crippen LogP contribution >= 0.6 is 0 Å². The van der Waals surface area contributed by atoms with Gasteiger partial charge in [0.2, 0.25) is 0 Å². The van der Waals surface area contributed by atoms with E-state index >= 15 is 0 Å². The predicted octanol–water partition coefficient (Wildman–Crippen LogP) is 4.82. The number of methoxy groups -OCH3 is 1. The van der Waals surface area contributed by atoms with Crippen LogP contribution in [-0.4, -0.2) is 7.11 Å². The third kappa shape index (κ3) is 2.08. The Hall–Kier alpha value is -2.28. The average Bonchev–Trinajstić information content (AvgIpc) is 2.48. The van der Waals surface area contributed by atoms with Gasteiger partial charge in [0.1, 0.15) is 5.75 Å². The van der Waals surface area contributed by atoms with E-state index in [2.05, 4.69) is 55.5 Å². The number of fused-ring (bicyclic) bond motifs is 1. The van der Waals surface area contributed by atoms with Crippen LogP contribution in [-0.2, 0) is 0 Å². The lowest BCUT2D eigenvalue weighted by Gasteiger charge is -2.10. The highest BCUT2D eigenvalue weighted by atomic mass is 16.5. The van der Waals surface area contributed by atoms with E-state index in [0.717, 1.165) is 5.75 Å². The summed E-state index contributed by atoms with van der Waals surface area (Å²) in [5.41, 5.74) is 3.80. The molecular weight excluding hydrogens is 232 g/mol. The molecule has 94 valence electrons. The Labute approximate surface area is 113 Å². The van der Waals surface area contributed by atoms with Crippen molar-refractivity contribution in [2.75, 3.05) is 7.11 Å². The summed E-state index contributed by atoms with van der Waals surface area (Å²) in [4.78, 5) is 0. The molecule has 0 aromatic heterocycles. The summed E-state index contributed by atoms with van der Waals surface area (Å²) in [7, 11) is 1.69. The van der Waals surface area contributed by atoms with Crippen molar-refractivity contribution in [2.45, 2.75) is 6.92 Å². The van der Waals surface area contributed by atoms with Gasteiger partial charge < -0.3 is 4.74 Å². The first-order chi connectivity index (χ1) is 9.29. The molecule has 3 rings (SSSR count). The molecule has 0 N–H and O–H groups in total. The van der Waals surface area contributed by atoms with Crippen LogP contribution in [0.2, 0.25) is 0 Å². The highest BCUT2D eigenvalue weighted by Gasteiger charge is 2.05. The van der Waals surface area contributed by atoms with Crippen molar-refractivity contribution >= 4 is 10.8 Å². The molecule has 19 heavy (non-hydrogen) atoms. The molecule has 0 bridgehead atoms. The smallest absolute Gasteiger partial charge is 0.118 e. The second-order valence-electron chi connectivity index (χ2n) is 4.70. The van der Waals surface area contributed by atoms with Crippen LogP contribution in [0.4, 0.5) is 0 Å². The van der Waals surface area contributed by atoms with Crippen LogP contribution in [0, 0.1) is 6.92 Å². The Kier molecular flexibility index (Phi) is 2.96. The van der Waals surface area contributed by atoms with E-state index in [1.165, 1.54) is 27.5 Å². The van der Waals surface area contributed by atoms with Crippen molar-refractivity contribution in [3.05, 3.63) is 66.2 Å².